The summed E-state index contributed by atoms with van der Waals surface area (Å²) in [6.07, 6.45) is 2.39. The van der Waals surface area contributed by atoms with Crippen LogP contribution in [0, 0.1) is 0 Å². The van der Waals surface area contributed by atoms with E-state index in [1.54, 1.807) is 12.3 Å². The van der Waals surface area contributed by atoms with Gasteiger partial charge in [0.05, 0.1) is 15.8 Å². The number of anilines is 1. The molecule has 0 spiro atoms. The van der Waals surface area contributed by atoms with Gasteiger partial charge < -0.3 is 5.32 Å². The lowest BCUT2D eigenvalue weighted by Crippen LogP contribution is -2.14. The number of hydrogen-bond donors (Lipinski definition) is 1. The number of rotatable bonds is 8. The second-order valence-electron chi connectivity index (χ2n) is 7.88. The number of hydrogen-bond acceptors (Lipinski definition) is 6. The molecule has 2 heterocycles. The summed E-state index contributed by atoms with van der Waals surface area (Å²) in [7, 11) is 0. The summed E-state index contributed by atoms with van der Waals surface area (Å²) >= 11 is 20.9. The first-order chi connectivity index (χ1) is 18.0. The summed E-state index contributed by atoms with van der Waals surface area (Å²) in [6.45, 7) is 0. The third-order valence-corrected chi connectivity index (χ3v) is 8.08. The van der Waals surface area contributed by atoms with Gasteiger partial charge in [0.1, 0.15) is 0 Å². The molecular weight excluding hydrogens is 569 g/mol. The zero-order chi connectivity index (χ0) is 25.8. The maximum Gasteiger partial charge on any atom is 0.236 e. The molecular formula is C26H18Cl3N5OS2. The molecule has 0 saturated carbocycles. The third kappa shape index (κ3) is 6.34. The van der Waals surface area contributed by atoms with Crippen LogP contribution in [-0.2, 0) is 11.2 Å². The molecule has 0 atom stereocenters. The van der Waals surface area contributed by atoms with Gasteiger partial charge in [0.25, 0.3) is 0 Å². The first kappa shape index (κ1) is 25.8. The molecule has 0 unspecified atom stereocenters. The highest BCUT2D eigenvalue weighted by Gasteiger charge is 2.18. The molecule has 0 aliphatic rings. The standard InChI is InChI=1S/C26H18Cl3N5OS2/c27-18-7-9-19(10-8-18)34-24(17-4-2-1-3-5-17)32-33-26(34)36-15-23(35)31-25-30-14-20(37-25)12-16-6-11-21(28)22(29)13-16/h1-11,13-14H,12,15H2,(H,30,31,35). The largest absolute Gasteiger partial charge is 0.301 e. The molecule has 0 aliphatic carbocycles. The van der Waals surface area contributed by atoms with Crippen LogP contribution in [0.2, 0.25) is 15.1 Å². The smallest absolute Gasteiger partial charge is 0.236 e. The van der Waals surface area contributed by atoms with Crippen LogP contribution in [0.1, 0.15) is 10.4 Å². The minimum Gasteiger partial charge on any atom is -0.301 e. The molecule has 0 bridgehead atoms. The van der Waals surface area contributed by atoms with Crippen molar-refractivity contribution in [2.24, 2.45) is 0 Å². The Kier molecular flexibility index (Phi) is 8.12. The van der Waals surface area contributed by atoms with Crippen LogP contribution in [0.3, 0.4) is 0 Å². The van der Waals surface area contributed by atoms with Gasteiger partial charge in [0.2, 0.25) is 5.91 Å². The normalized spacial score (nSPS) is 11.0. The molecule has 2 aromatic heterocycles. The number of carbonyl (C=O) groups excluding carboxylic acids is 1. The van der Waals surface area contributed by atoms with Gasteiger partial charge in [0, 0.05) is 33.8 Å². The van der Waals surface area contributed by atoms with Gasteiger partial charge in [-0.15, -0.1) is 21.5 Å². The van der Waals surface area contributed by atoms with E-state index in [-0.39, 0.29) is 11.7 Å². The number of thioether (sulfide) groups is 1. The van der Waals surface area contributed by atoms with Crippen molar-refractivity contribution >= 4 is 68.9 Å². The second-order valence-corrected chi connectivity index (χ2v) is 11.2. The minimum absolute atomic E-state index is 0.141. The average Bonchev–Trinajstić information content (AvgIpc) is 3.53. The van der Waals surface area contributed by atoms with Crippen LogP contribution in [-0.4, -0.2) is 31.4 Å². The highest BCUT2D eigenvalue weighted by atomic mass is 35.5. The predicted octanol–water partition coefficient (Wildman–Crippen LogP) is 7.67. The third-order valence-electron chi connectivity index (χ3n) is 5.24. The molecule has 3 aromatic carbocycles. The van der Waals surface area contributed by atoms with Crippen LogP contribution in [0.4, 0.5) is 5.13 Å². The van der Waals surface area contributed by atoms with Gasteiger partial charge in [-0.25, -0.2) is 4.98 Å². The predicted molar refractivity (Wildman–Crippen MR) is 153 cm³/mol. The highest BCUT2D eigenvalue weighted by Crippen LogP contribution is 2.29. The quantitative estimate of drug-likeness (QED) is 0.189. The van der Waals surface area contributed by atoms with Gasteiger partial charge in [-0.3, -0.25) is 9.36 Å². The lowest BCUT2D eigenvalue weighted by Gasteiger charge is -2.10. The molecule has 6 nitrogen and oxygen atoms in total. The van der Waals surface area contributed by atoms with Crippen LogP contribution in [0.25, 0.3) is 17.1 Å². The number of carbonyl (C=O) groups is 1. The molecule has 5 aromatic rings. The molecule has 0 aliphatic heterocycles. The zero-order valence-electron chi connectivity index (χ0n) is 19.1. The van der Waals surface area contributed by atoms with Crippen molar-refractivity contribution in [3.63, 3.8) is 0 Å². The fourth-order valence-corrected chi connectivity index (χ4v) is 5.61. The van der Waals surface area contributed by atoms with Crippen molar-refractivity contribution < 1.29 is 4.79 Å². The monoisotopic (exact) mass is 585 g/mol. The Morgan fingerprint density at radius 3 is 2.49 bits per heavy atom. The maximum atomic E-state index is 12.7. The number of amides is 1. The van der Waals surface area contributed by atoms with Crippen molar-refractivity contribution in [1.82, 2.24) is 19.7 Å². The number of nitrogens with one attached hydrogen (secondary N) is 1. The lowest BCUT2D eigenvalue weighted by molar-refractivity contribution is -0.113. The minimum atomic E-state index is -0.188. The fourth-order valence-electron chi connectivity index (χ4n) is 3.54. The number of aromatic nitrogens is 4. The van der Waals surface area contributed by atoms with Gasteiger partial charge in [-0.1, -0.05) is 83.0 Å². The zero-order valence-corrected chi connectivity index (χ0v) is 23.0. The molecule has 5 rings (SSSR count). The Balaban J connectivity index is 1.28. The van der Waals surface area contributed by atoms with Crippen molar-refractivity contribution in [2.45, 2.75) is 11.6 Å². The van der Waals surface area contributed by atoms with Crippen molar-refractivity contribution in [2.75, 3.05) is 11.1 Å². The fraction of sp³-hybridized carbons (Fsp3) is 0.0769. The lowest BCUT2D eigenvalue weighted by atomic mass is 10.1. The Bertz CT molecular complexity index is 1540. The summed E-state index contributed by atoms with van der Waals surface area (Å²) < 4.78 is 1.92. The number of halogens is 3. The van der Waals surface area contributed by atoms with E-state index in [9.17, 15) is 4.79 Å². The SMILES string of the molecule is O=C(CSc1nnc(-c2ccccc2)n1-c1ccc(Cl)cc1)Nc1ncc(Cc2ccc(Cl)c(Cl)c2)s1. The molecule has 11 heteroatoms. The van der Waals surface area contributed by atoms with Crippen LogP contribution >= 0.6 is 57.9 Å². The Morgan fingerprint density at radius 1 is 0.946 bits per heavy atom. The Morgan fingerprint density at radius 2 is 1.73 bits per heavy atom. The van der Waals surface area contributed by atoms with E-state index in [0.717, 1.165) is 21.7 Å². The Hall–Kier alpha value is -2.88. The Labute approximate surface area is 236 Å². The number of benzene rings is 3. The van der Waals surface area contributed by atoms with Crippen molar-refractivity contribution in [3.8, 4) is 17.1 Å². The first-order valence-electron chi connectivity index (χ1n) is 11.0. The molecule has 37 heavy (non-hydrogen) atoms. The summed E-state index contributed by atoms with van der Waals surface area (Å²) in [6, 6.07) is 22.7. The van der Waals surface area contributed by atoms with E-state index < -0.39 is 0 Å². The first-order valence-corrected chi connectivity index (χ1v) is 14.0. The van der Waals surface area contributed by atoms with E-state index in [0.29, 0.717) is 37.6 Å². The van der Waals surface area contributed by atoms with Gasteiger partial charge in [-0.05, 0) is 42.0 Å². The van der Waals surface area contributed by atoms with Crippen molar-refractivity contribution in [1.29, 1.82) is 0 Å². The molecule has 0 fully saturated rings. The summed E-state index contributed by atoms with van der Waals surface area (Å²) in [4.78, 5) is 18.1. The van der Waals surface area contributed by atoms with Crippen LogP contribution < -0.4 is 5.32 Å². The van der Waals surface area contributed by atoms with E-state index in [1.807, 2.05) is 71.3 Å². The van der Waals surface area contributed by atoms with Crippen molar-refractivity contribution in [3.05, 3.63) is 105 Å². The molecule has 0 saturated heterocycles. The summed E-state index contributed by atoms with van der Waals surface area (Å²) in [5.41, 5.74) is 2.78. The van der Waals surface area contributed by atoms with E-state index in [4.69, 9.17) is 34.8 Å². The summed E-state index contributed by atoms with van der Waals surface area (Å²) in [5, 5.41) is 14.4. The highest BCUT2D eigenvalue weighted by molar-refractivity contribution is 7.99. The molecule has 1 N–H and O–H groups in total. The van der Waals surface area contributed by atoms with Gasteiger partial charge >= 0.3 is 0 Å². The maximum absolute atomic E-state index is 12.7. The van der Waals surface area contributed by atoms with E-state index in [2.05, 4.69) is 20.5 Å². The summed E-state index contributed by atoms with van der Waals surface area (Å²) in [5.74, 6) is 0.632. The van der Waals surface area contributed by atoms with Gasteiger partial charge in [-0.2, -0.15) is 0 Å². The second kappa shape index (κ2) is 11.7. The average molecular weight is 587 g/mol. The number of thiazole rings is 1. The van der Waals surface area contributed by atoms with E-state index >= 15 is 0 Å². The molecule has 186 valence electrons. The van der Waals surface area contributed by atoms with Gasteiger partial charge in [0.15, 0.2) is 16.1 Å². The topological polar surface area (TPSA) is 72.7 Å². The van der Waals surface area contributed by atoms with Crippen LogP contribution in [0.15, 0.2) is 84.1 Å². The van der Waals surface area contributed by atoms with E-state index in [1.165, 1.54) is 23.1 Å². The number of nitrogens with zero attached hydrogens (tertiary/aromatic N) is 4. The molecule has 0 radical (unpaired) electrons. The van der Waals surface area contributed by atoms with Crippen LogP contribution in [0.5, 0.6) is 0 Å². The molecule has 1 amide bonds.